The number of halogens is 1. The molecule has 0 spiro atoms. The summed E-state index contributed by atoms with van der Waals surface area (Å²) in [5.74, 6) is 2.53. The molecule has 0 saturated carbocycles. The van der Waals surface area contributed by atoms with E-state index in [1.54, 1.807) is 24.3 Å². The van der Waals surface area contributed by atoms with Crippen molar-refractivity contribution in [3.05, 3.63) is 39.5 Å². The Morgan fingerprint density at radius 1 is 1.45 bits per heavy atom. The quantitative estimate of drug-likeness (QED) is 0.300. The van der Waals surface area contributed by atoms with Gasteiger partial charge in [-0.05, 0) is 12.5 Å². The molecule has 0 unspecified atom stereocenters. The van der Waals surface area contributed by atoms with Gasteiger partial charge in [-0.25, -0.2) is 4.98 Å². The van der Waals surface area contributed by atoms with Crippen molar-refractivity contribution in [3.63, 3.8) is 0 Å². The maximum Gasteiger partial charge on any atom is 0.329 e. The molecule has 0 bridgehead atoms. The van der Waals surface area contributed by atoms with Crippen LogP contribution in [0.25, 0.3) is 10.9 Å². The summed E-state index contributed by atoms with van der Waals surface area (Å²) in [6.45, 7) is 0.537. The molecule has 0 fully saturated rings. The lowest BCUT2D eigenvalue weighted by atomic mass is 10.1. The lowest BCUT2D eigenvalue weighted by molar-refractivity contribution is -0.384. The number of rotatable bonds is 5. The zero-order valence-electron chi connectivity index (χ0n) is 10.6. The van der Waals surface area contributed by atoms with Gasteiger partial charge >= 0.3 is 5.69 Å². The highest BCUT2D eigenvalue weighted by Gasteiger charge is 2.23. The highest BCUT2D eigenvalue weighted by molar-refractivity contribution is 6.33. The number of para-hydroxylation sites is 1. The zero-order valence-corrected chi connectivity index (χ0v) is 11.4. The Hall–Kier alpha value is -2.32. The molecule has 6 heteroatoms. The van der Waals surface area contributed by atoms with Gasteiger partial charge in [0.05, 0.1) is 10.4 Å². The SMILES string of the molecule is C#CCCCNc1c([N+](=O)[O-])c(Cl)nc2ccccc12. The average Bonchev–Trinajstić information content (AvgIpc) is 2.42. The van der Waals surface area contributed by atoms with Crippen LogP contribution in [0.15, 0.2) is 24.3 Å². The number of fused-ring (bicyclic) bond motifs is 1. The van der Waals surface area contributed by atoms with Crippen LogP contribution < -0.4 is 5.32 Å². The van der Waals surface area contributed by atoms with Crippen molar-refractivity contribution in [1.82, 2.24) is 4.98 Å². The first kappa shape index (κ1) is 14.1. The summed E-state index contributed by atoms with van der Waals surface area (Å²) in [7, 11) is 0. The van der Waals surface area contributed by atoms with Crippen molar-refractivity contribution >= 4 is 33.9 Å². The minimum atomic E-state index is -0.523. The Kier molecular flexibility index (Phi) is 4.38. The van der Waals surface area contributed by atoms with E-state index in [0.29, 0.717) is 29.6 Å². The minimum absolute atomic E-state index is 0.117. The van der Waals surface area contributed by atoms with Gasteiger partial charge < -0.3 is 5.32 Å². The molecule has 1 aromatic heterocycles. The number of hydrogen-bond donors (Lipinski definition) is 1. The summed E-state index contributed by atoms with van der Waals surface area (Å²) in [6, 6.07) is 7.14. The third kappa shape index (κ3) is 2.81. The predicted molar refractivity (Wildman–Crippen MR) is 80.0 cm³/mol. The Morgan fingerprint density at radius 3 is 2.90 bits per heavy atom. The first-order chi connectivity index (χ1) is 9.65. The molecule has 2 aromatic rings. The number of terminal acetylenes is 1. The van der Waals surface area contributed by atoms with Crippen molar-refractivity contribution < 1.29 is 4.92 Å². The van der Waals surface area contributed by atoms with Gasteiger partial charge in [-0.3, -0.25) is 10.1 Å². The van der Waals surface area contributed by atoms with Gasteiger partial charge in [-0.2, -0.15) is 0 Å². The molecular weight excluding hydrogens is 278 g/mol. The summed E-state index contributed by atoms with van der Waals surface area (Å²) in [6.07, 6.45) is 6.52. The first-order valence-electron chi connectivity index (χ1n) is 6.05. The lowest BCUT2D eigenvalue weighted by Gasteiger charge is -2.10. The maximum absolute atomic E-state index is 11.2. The zero-order chi connectivity index (χ0) is 14.5. The van der Waals surface area contributed by atoms with Crippen LogP contribution in [0, 0.1) is 22.5 Å². The monoisotopic (exact) mass is 289 g/mol. The van der Waals surface area contributed by atoms with E-state index in [1.165, 1.54) is 0 Å². The maximum atomic E-state index is 11.2. The summed E-state index contributed by atoms with van der Waals surface area (Å²) < 4.78 is 0. The Labute approximate surface area is 121 Å². The van der Waals surface area contributed by atoms with Crippen LogP contribution in [0.5, 0.6) is 0 Å². The van der Waals surface area contributed by atoms with E-state index in [2.05, 4.69) is 16.2 Å². The van der Waals surface area contributed by atoms with Gasteiger partial charge in [0, 0.05) is 18.4 Å². The Bertz CT molecular complexity index is 695. The summed E-state index contributed by atoms with van der Waals surface area (Å²) in [4.78, 5) is 14.7. The summed E-state index contributed by atoms with van der Waals surface area (Å²) in [5.41, 5.74) is 0.802. The fourth-order valence-corrected chi connectivity index (χ4v) is 2.18. The molecule has 1 N–H and O–H groups in total. The van der Waals surface area contributed by atoms with E-state index < -0.39 is 4.92 Å². The highest BCUT2D eigenvalue weighted by atomic mass is 35.5. The molecule has 1 aromatic carbocycles. The molecule has 5 nitrogen and oxygen atoms in total. The second-order valence-electron chi connectivity index (χ2n) is 4.13. The second kappa shape index (κ2) is 6.22. The van der Waals surface area contributed by atoms with Crippen LogP contribution in [-0.4, -0.2) is 16.5 Å². The molecule has 0 amide bonds. The summed E-state index contributed by atoms with van der Waals surface area (Å²) >= 11 is 5.92. The lowest BCUT2D eigenvalue weighted by Crippen LogP contribution is -2.06. The van der Waals surface area contributed by atoms with Crippen LogP contribution in [0.1, 0.15) is 12.8 Å². The van der Waals surface area contributed by atoms with E-state index in [1.807, 2.05) is 0 Å². The van der Waals surface area contributed by atoms with Crippen LogP contribution >= 0.6 is 11.6 Å². The standard InChI is InChI=1S/C14H12ClN3O2/c1-2-3-6-9-16-12-10-7-4-5-8-11(10)17-14(15)13(12)18(19)20/h1,4-5,7-8H,3,6,9H2,(H,16,17). The minimum Gasteiger partial charge on any atom is -0.379 e. The smallest absolute Gasteiger partial charge is 0.329 e. The second-order valence-corrected chi connectivity index (χ2v) is 4.49. The molecule has 0 saturated heterocycles. The van der Waals surface area contributed by atoms with Gasteiger partial charge in [0.1, 0.15) is 5.69 Å². The van der Waals surface area contributed by atoms with Crippen molar-refractivity contribution in [2.24, 2.45) is 0 Å². The number of pyridine rings is 1. The number of nitrogens with zero attached hydrogens (tertiary/aromatic N) is 2. The van der Waals surface area contributed by atoms with E-state index in [9.17, 15) is 10.1 Å². The number of hydrogen-bond acceptors (Lipinski definition) is 4. The molecular formula is C14H12ClN3O2. The van der Waals surface area contributed by atoms with E-state index in [0.717, 1.165) is 6.42 Å². The predicted octanol–water partition coefficient (Wildman–Crippen LogP) is 3.62. The third-order valence-electron chi connectivity index (χ3n) is 2.81. The van der Waals surface area contributed by atoms with Crippen LogP contribution in [0.4, 0.5) is 11.4 Å². The van der Waals surface area contributed by atoms with Gasteiger partial charge in [0.25, 0.3) is 0 Å². The highest BCUT2D eigenvalue weighted by Crippen LogP contribution is 2.37. The average molecular weight is 290 g/mol. The van der Waals surface area contributed by atoms with Gasteiger partial charge in [-0.1, -0.05) is 29.8 Å². The van der Waals surface area contributed by atoms with Gasteiger partial charge in [-0.15, -0.1) is 12.3 Å². The fraction of sp³-hybridized carbons (Fsp3) is 0.214. The normalized spacial score (nSPS) is 10.2. The molecule has 0 atom stereocenters. The Balaban J connectivity index is 2.49. The van der Waals surface area contributed by atoms with Gasteiger partial charge in [0.2, 0.25) is 5.15 Å². The Morgan fingerprint density at radius 2 is 2.20 bits per heavy atom. The van der Waals surface area contributed by atoms with Crippen LogP contribution in [0.3, 0.4) is 0 Å². The van der Waals surface area contributed by atoms with Gasteiger partial charge in [0.15, 0.2) is 0 Å². The van der Waals surface area contributed by atoms with Crippen LogP contribution in [-0.2, 0) is 0 Å². The number of unbranched alkanes of at least 4 members (excludes halogenated alkanes) is 1. The van der Waals surface area contributed by atoms with Crippen molar-refractivity contribution in [2.45, 2.75) is 12.8 Å². The van der Waals surface area contributed by atoms with E-state index in [-0.39, 0.29) is 10.8 Å². The molecule has 0 aliphatic carbocycles. The van der Waals surface area contributed by atoms with Crippen molar-refractivity contribution in [1.29, 1.82) is 0 Å². The molecule has 0 aliphatic rings. The van der Waals surface area contributed by atoms with Crippen LogP contribution in [0.2, 0.25) is 5.15 Å². The number of nitro groups is 1. The third-order valence-corrected chi connectivity index (χ3v) is 3.07. The van der Waals surface area contributed by atoms with Crippen molar-refractivity contribution in [2.75, 3.05) is 11.9 Å². The number of anilines is 1. The molecule has 102 valence electrons. The summed E-state index contributed by atoms with van der Waals surface area (Å²) in [5, 5.41) is 14.8. The number of benzene rings is 1. The largest absolute Gasteiger partial charge is 0.379 e. The first-order valence-corrected chi connectivity index (χ1v) is 6.43. The van der Waals surface area contributed by atoms with Crippen molar-refractivity contribution in [3.8, 4) is 12.3 Å². The molecule has 20 heavy (non-hydrogen) atoms. The molecule has 0 aliphatic heterocycles. The molecule has 1 heterocycles. The molecule has 2 rings (SSSR count). The van der Waals surface area contributed by atoms with E-state index >= 15 is 0 Å². The molecule has 0 radical (unpaired) electrons. The fourth-order valence-electron chi connectivity index (χ4n) is 1.92. The number of aromatic nitrogens is 1. The topological polar surface area (TPSA) is 68.1 Å². The van der Waals surface area contributed by atoms with E-state index in [4.69, 9.17) is 18.0 Å². The number of nitrogens with one attached hydrogen (secondary N) is 1.